The first-order chi connectivity index (χ1) is 12.1. The van der Waals surface area contributed by atoms with Crippen LogP contribution in [0.1, 0.15) is 40.0 Å². The van der Waals surface area contributed by atoms with Crippen LogP contribution in [0, 0.1) is 6.92 Å². The summed E-state index contributed by atoms with van der Waals surface area (Å²) in [5.74, 6) is 0.710. The first-order valence-electron chi connectivity index (χ1n) is 8.07. The number of H-pyrrole nitrogens is 1. The number of aryl methyl sites for hydroxylation is 1. The van der Waals surface area contributed by atoms with Crippen molar-refractivity contribution < 1.29 is 4.79 Å². The maximum Gasteiger partial charge on any atom is 0.251 e. The van der Waals surface area contributed by atoms with Gasteiger partial charge < -0.3 is 5.32 Å². The third-order valence-corrected chi connectivity index (χ3v) is 4.93. The van der Waals surface area contributed by atoms with Gasteiger partial charge in [-0.25, -0.2) is 4.98 Å². The van der Waals surface area contributed by atoms with Gasteiger partial charge in [0.25, 0.3) is 5.91 Å². The molecule has 2 aromatic carbocycles. The molecule has 0 bridgehead atoms. The Morgan fingerprint density at radius 2 is 1.96 bits per heavy atom. The van der Waals surface area contributed by atoms with Crippen LogP contribution in [0.2, 0.25) is 0 Å². The Kier molecular flexibility index (Phi) is 5.50. The molecule has 0 unspecified atom stereocenters. The first-order valence-corrected chi connectivity index (χ1v) is 9.05. The highest BCUT2D eigenvalue weighted by molar-refractivity contribution is 7.98. The van der Waals surface area contributed by atoms with E-state index in [0.29, 0.717) is 5.56 Å². The Hall–Kier alpha value is -2.60. The number of rotatable bonds is 6. The van der Waals surface area contributed by atoms with Gasteiger partial charge in [-0.1, -0.05) is 48.2 Å². The number of nitrogens with zero attached hydrogens (tertiary/aromatic N) is 2. The smallest absolute Gasteiger partial charge is 0.251 e. The van der Waals surface area contributed by atoms with Gasteiger partial charge in [0.15, 0.2) is 5.16 Å². The number of aromatic amines is 1. The van der Waals surface area contributed by atoms with Crippen molar-refractivity contribution in [1.82, 2.24) is 20.5 Å². The normalized spacial score (nSPS) is 11.9. The van der Waals surface area contributed by atoms with Crippen LogP contribution < -0.4 is 5.32 Å². The highest BCUT2D eigenvalue weighted by Crippen LogP contribution is 2.20. The van der Waals surface area contributed by atoms with Gasteiger partial charge in [-0.3, -0.25) is 9.89 Å². The van der Waals surface area contributed by atoms with E-state index in [0.717, 1.165) is 22.0 Å². The Balaban J connectivity index is 1.59. The number of aromatic nitrogens is 3. The molecule has 2 N–H and O–H groups in total. The van der Waals surface area contributed by atoms with Crippen LogP contribution in [0.5, 0.6) is 0 Å². The largest absolute Gasteiger partial charge is 0.346 e. The quantitative estimate of drug-likeness (QED) is 0.660. The molecule has 6 heteroatoms. The monoisotopic (exact) mass is 352 g/mol. The zero-order valence-corrected chi connectivity index (χ0v) is 15.0. The van der Waals surface area contributed by atoms with E-state index < -0.39 is 0 Å². The van der Waals surface area contributed by atoms with Gasteiger partial charge in [0.05, 0.1) is 6.04 Å². The number of carbonyl (C=O) groups is 1. The van der Waals surface area contributed by atoms with E-state index in [1.807, 2.05) is 49.4 Å². The van der Waals surface area contributed by atoms with Gasteiger partial charge in [0, 0.05) is 11.3 Å². The highest BCUT2D eigenvalue weighted by Gasteiger charge is 2.13. The summed E-state index contributed by atoms with van der Waals surface area (Å²) >= 11 is 1.57. The highest BCUT2D eigenvalue weighted by atomic mass is 32.2. The third-order valence-electron chi connectivity index (χ3n) is 3.99. The van der Waals surface area contributed by atoms with Crippen LogP contribution >= 0.6 is 11.8 Å². The van der Waals surface area contributed by atoms with E-state index in [9.17, 15) is 4.79 Å². The zero-order chi connectivity index (χ0) is 17.6. The van der Waals surface area contributed by atoms with Crippen LogP contribution in [-0.2, 0) is 5.75 Å². The van der Waals surface area contributed by atoms with E-state index in [2.05, 4.69) is 33.5 Å². The van der Waals surface area contributed by atoms with Gasteiger partial charge in [0.2, 0.25) is 0 Å². The van der Waals surface area contributed by atoms with Gasteiger partial charge in [0.1, 0.15) is 6.33 Å². The van der Waals surface area contributed by atoms with Gasteiger partial charge in [-0.15, -0.1) is 0 Å². The molecule has 1 heterocycles. The van der Waals surface area contributed by atoms with E-state index in [4.69, 9.17) is 0 Å². The average molecular weight is 352 g/mol. The summed E-state index contributed by atoms with van der Waals surface area (Å²) in [5.41, 5.74) is 4.10. The molecule has 3 rings (SSSR count). The minimum Gasteiger partial charge on any atom is -0.346 e. The van der Waals surface area contributed by atoms with Crippen molar-refractivity contribution in [2.45, 2.75) is 30.8 Å². The molecule has 0 aliphatic rings. The summed E-state index contributed by atoms with van der Waals surface area (Å²) in [6.45, 7) is 4.06. The van der Waals surface area contributed by atoms with Crippen molar-refractivity contribution in [2.24, 2.45) is 0 Å². The van der Waals surface area contributed by atoms with Crippen molar-refractivity contribution in [3.8, 4) is 0 Å². The molecule has 1 amide bonds. The molecule has 128 valence electrons. The van der Waals surface area contributed by atoms with Crippen LogP contribution in [-0.4, -0.2) is 21.1 Å². The lowest BCUT2D eigenvalue weighted by molar-refractivity contribution is 0.0940. The first kappa shape index (κ1) is 17.2. The van der Waals surface area contributed by atoms with Gasteiger partial charge in [-0.05, 0) is 42.7 Å². The molecular weight excluding hydrogens is 332 g/mol. The van der Waals surface area contributed by atoms with Crippen LogP contribution in [0.15, 0.2) is 60.0 Å². The van der Waals surface area contributed by atoms with Crippen molar-refractivity contribution in [3.63, 3.8) is 0 Å². The molecule has 5 nitrogen and oxygen atoms in total. The van der Waals surface area contributed by atoms with E-state index in [1.165, 1.54) is 11.9 Å². The third kappa shape index (κ3) is 4.48. The fourth-order valence-corrected chi connectivity index (χ4v) is 3.33. The number of thioether (sulfide) groups is 1. The summed E-state index contributed by atoms with van der Waals surface area (Å²) < 4.78 is 0. The molecule has 0 saturated heterocycles. The predicted octanol–water partition coefficient (Wildman–Crippen LogP) is 3.90. The minimum absolute atomic E-state index is 0.0321. The molecule has 3 aromatic rings. The average Bonchev–Trinajstić information content (AvgIpc) is 3.14. The maximum atomic E-state index is 12.5. The SMILES string of the molecule is Cc1ccccc1[C@H](C)NC(=O)c1ccc(CSc2ncn[nH]2)cc1. The molecule has 0 fully saturated rings. The summed E-state index contributed by atoms with van der Waals surface area (Å²) in [5, 5.41) is 10.5. The second kappa shape index (κ2) is 7.98. The second-order valence-electron chi connectivity index (χ2n) is 5.83. The number of benzene rings is 2. The zero-order valence-electron chi connectivity index (χ0n) is 14.2. The summed E-state index contributed by atoms with van der Waals surface area (Å²) in [7, 11) is 0. The van der Waals surface area contributed by atoms with Gasteiger partial charge >= 0.3 is 0 Å². The van der Waals surface area contributed by atoms with Crippen LogP contribution in [0.3, 0.4) is 0 Å². The van der Waals surface area contributed by atoms with Crippen LogP contribution in [0.4, 0.5) is 0 Å². The summed E-state index contributed by atoms with van der Waals surface area (Å²) in [6, 6.07) is 15.7. The minimum atomic E-state index is -0.0646. The van der Waals surface area contributed by atoms with Crippen molar-refractivity contribution in [1.29, 1.82) is 0 Å². The number of carbonyl (C=O) groups excluding carboxylic acids is 1. The second-order valence-corrected chi connectivity index (χ2v) is 6.79. The Bertz CT molecular complexity index is 831. The number of amides is 1. The molecule has 0 aliphatic heterocycles. The molecule has 0 saturated carbocycles. The van der Waals surface area contributed by atoms with Gasteiger partial charge in [-0.2, -0.15) is 5.10 Å². The lowest BCUT2D eigenvalue weighted by Gasteiger charge is -2.16. The summed E-state index contributed by atoms with van der Waals surface area (Å²) in [4.78, 5) is 16.5. The van der Waals surface area contributed by atoms with E-state index in [-0.39, 0.29) is 11.9 Å². The van der Waals surface area contributed by atoms with E-state index >= 15 is 0 Å². The Morgan fingerprint density at radius 3 is 2.64 bits per heavy atom. The fourth-order valence-electron chi connectivity index (χ4n) is 2.60. The number of nitrogens with one attached hydrogen (secondary N) is 2. The van der Waals surface area contributed by atoms with Crippen molar-refractivity contribution in [2.75, 3.05) is 0 Å². The Morgan fingerprint density at radius 1 is 1.20 bits per heavy atom. The lowest BCUT2D eigenvalue weighted by Crippen LogP contribution is -2.27. The molecule has 1 atom stereocenters. The topological polar surface area (TPSA) is 70.7 Å². The molecule has 0 radical (unpaired) electrons. The molecule has 0 spiro atoms. The predicted molar refractivity (Wildman–Crippen MR) is 99.4 cm³/mol. The van der Waals surface area contributed by atoms with Crippen molar-refractivity contribution in [3.05, 3.63) is 77.1 Å². The van der Waals surface area contributed by atoms with Crippen molar-refractivity contribution >= 4 is 17.7 Å². The fraction of sp³-hybridized carbons (Fsp3) is 0.211. The molecule has 25 heavy (non-hydrogen) atoms. The molecule has 0 aliphatic carbocycles. The maximum absolute atomic E-state index is 12.5. The number of hydrogen-bond donors (Lipinski definition) is 2. The number of hydrogen-bond acceptors (Lipinski definition) is 4. The molecule has 1 aromatic heterocycles. The summed E-state index contributed by atoms with van der Waals surface area (Å²) in [6.07, 6.45) is 1.49. The standard InChI is InChI=1S/C19H20N4OS/c1-13-5-3-4-6-17(13)14(2)22-18(24)16-9-7-15(8-10-16)11-25-19-20-12-21-23-19/h3-10,12,14H,11H2,1-2H3,(H,22,24)(H,20,21,23)/t14-/m0/s1. The molecular formula is C19H20N4OS. The lowest BCUT2D eigenvalue weighted by atomic mass is 10.0. The Labute approximate surface area is 151 Å². The van der Waals surface area contributed by atoms with E-state index in [1.54, 1.807) is 11.8 Å². The van der Waals surface area contributed by atoms with Crippen LogP contribution in [0.25, 0.3) is 0 Å².